The first-order valence-corrected chi connectivity index (χ1v) is 14.0. The van der Waals surface area contributed by atoms with E-state index in [0.29, 0.717) is 16.1 Å². The Bertz CT molecular complexity index is 1340. The molecule has 2 aromatic rings. The molecular formula is C27H37ClN2O11. The van der Waals surface area contributed by atoms with E-state index in [9.17, 15) is 15.0 Å². The van der Waals surface area contributed by atoms with Crippen LogP contribution >= 0.6 is 11.6 Å². The van der Waals surface area contributed by atoms with Gasteiger partial charge in [0.1, 0.15) is 48.8 Å². The Hall–Kier alpha value is -1.62. The number of benzene rings is 1. The minimum absolute atomic E-state index is 0.116. The largest absolute Gasteiger partial charge is 0.388 e. The summed E-state index contributed by atoms with van der Waals surface area (Å²) >= 11 is 6.30. The summed E-state index contributed by atoms with van der Waals surface area (Å²) in [5, 5.41) is 23.0. The molecule has 6 rings (SSSR count). The number of nitrogens with zero attached hydrogens (tertiary/aromatic N) is 2. The van der Waals surface area contributed by atoms with E-state index < -0.39 is 78.7 Å². The summed E-state index contributed by atoms with van der Waals surface area (Å²) in [6, 6.07) is 4.99. The van der Waals surface area contributed by atoms with Crippen molar-refractivity contribution in [1.82, 2.24) is 9.13 Å². The highest BCUT2D eigenvalue weighted by Gasteiger charge is 2.58. The molecule has 13 nitrogen and oxygen atoms in total. The summed E-state index contributed by atoms with van der Waals surface area (Å²) in [6.07, 6.45) is -7.65. The Kier molecular flexibility index (Phi) is 7.56. The standard InChI is InChI=1S/C27H37ClN2O11/c1-26(2)38-21-19(34-5)17(36-23(21)40-26)15(31)10-29-13-8-7-12(28)9-14(13)30(25(29)33)11-16(32)18-20(35-6)22-24(37-18)41-27(3,4)39-22/h7-9,15-24,31-32H,10-11H2,1-6H3/t15-,16+,17+,18+,19-,20-,21-,22-,23+,24-/m1/s1. The van der Waals surface area contributed by atoms with Crippen LogP contribution in [0.5, 0.6) is 0 Å². The van der Waals surface area contributed by atoms with Crippen molar-refractivity contribution in [2.24, 2.45) is 0 Å². The summed E-state index contributed by atoms with van der Waals surface area (Å²) in [5.41, 5.74) is 0.546. The molecule has 2 N–H and O–H groups in total. The van der Waals surface area contributed by atoms with Crippen molar-refractivity contribution in [3.05, 3.63) is 33.7 Å². The molecule has 41 heavy (non-hydrogen) atoms. The number of hydrogen-bond acceptors (Lipinski definition) is 11. The fraction of sp³-hybridized carbons (Fsp3) is 0.741. The molecule has 0 amide bonds. The number of ether oxygens (including phenoxy) is 8. The zero-order chi connectivity index (χ0) is 29.4. The van der Waals surface area contributed by atoms with E-state index in [4.69, 9.17) is 49.5 Å². The summed E-state index contributed by atoms with van der Waals surface area (Å²) in [6.45, 7) is 6.86. The highest BCUT2D eigenvalue weighted by molar-refractivity contribution is 6.31. The molecule has 0 unspecified atom stereocenters. The Labute approximate surface area is 241 Å². The molecule has 4 aliphatic rings. The average molecular weight is 601 g/mol. The van der Waals surface area contributed by atoms with Crippen LogP contribution in [-0.4, -0.2) is 107 Å². The molecule has 228 valence electrons. The second-order valence-corrected chi connectivity index (χ2v) is 12.2. The Balaban J connectivity index is 1.25. The van der Waals surface area contributed by atoms with Crippen LogP contribution in [0.25, 0.3) is 11.0 Å². The molecule has 1 aromatic heterocycles. The number of aliphatic hydroxyl groups is 2. The number of fused-ring (bicyclic) bond motifs is 3. The number of aromatic nitrogens is 2. The molecule has 0 spiro atoms. The molecule has 4 fully saturated rings. The van der Waals surface area contributed by atoms with E-state index in [2.05, 4.69) is 0 Å². The monoisotopic (exact) mass is 600 g/mol. The lowest BCUT2D eigenvalue weighted by Crippen LogP contribution is -2.46. The summed E-state index contributed by atoms with van der Waals surface area (Å²) in [5.74, 6) is -1.69. The van der Waals surface area contributed by atoms with Crippen molar-refractivity contribution in [3.8, 4) is 0 Å². The minimum Gasteiger partial charge on any atom is -0.388 e. The van der Waals surface area contributed by atoms with Crippen molar-refractivity contribution in [2.45, 2.75) is 114 Å². The highest BCUT2D eigenvalue weighted by atomic mass is 35.5. The van der Waals surface area contributed by atoms with Gasteiger partial charge in [-0.25, -0.2) is 4.79 Å². The number of halogens is 1. The Morgan fingerprint density at radius 3 is 1.76 bits per heavy atom. The molecule has 0 bridgehead atoms. The summed E-state index contributed by atoms with van der Waals surface area (Å²) in [7, 11) is 3.02. The summed E-state index contributed by atoms with van der Waals surface area (Å²) < 4.78 is 49.5. The van der Waals surface area contributed by atoms with Gasteiger partial charge in [-0.1, -0.05) is 11.6 Å². The lowest BCUT2D eigenvalue weighted by atomic mass is 10.1. The van der Waals surface area contributed by atoms with Gasteiger partial charge in [0.05, 0.1) is 24.1 Å². The van der Waals surface area contributed by atoms with Crippen LogP contribution in [0.15, 0.2) is 23.0 Å². The molecular weight excluding hydrogens is 564 g/mol. The van der Waals surface area contributed by atoms with Crippen LogP contribution in [0.2, 0.25) is 5.02 Å². The lowest BCUT2D eigenvalue weighted by Gasteiger charge is -2.28. The second kappa shape index (κ2) is 10.5. The van der Waals surface area contributed by atoms with Gasteiger partial charge in [0.15, 0.2) is 24.2 Å². The van der Waals surface area contributed by atoms with Gasteiger partial charge in [-0.2, -0.15) is 0 Å². The van der Waals surface area contributed by atoms with Gasteiger partial charge in [-0.3, -0.25) is 9.13 Å². The molecule has 0 saturated carbocycles. The number of imidazole rings is 1. The maximum absolute atomic E-state index is 13.8. The van der Waals surface area contributed by atoms with Gasteiger partial charge in [-0.05, 0) is 45.9 Å². The molecule has 5 heterocycles. The zero-order valence-corrected chi connectivity index (χ0v) is 24.5. The van der Waals surface area contributed by atoms with Crippen molar-refractivity contribution in [2.75, 3.05) is 14.2 Å². The van der Waals surface area contributed by atoms with Crippen LogP contribution in [0.4, 0.5) is 0 Å². The van der Waals surface area contributed by atoms with Crippen molar-refractivity contribution in [3.63, 3.8) is 0 Å². The fourth-order valence-electron chi connectivity index (χ4n) is 6.39. The zero-order valence-electron chi connectivity index (χ0n) is 23.8. The summed E-state index contributed by atoms with van der Waals surface area (Å²) in [4.78, 5) is 13.8. The highest BCUT2D eigenvalue weighted by Crippen LogP contribution is 2.41. The first-order chi connectivity index (χ1) is 19.3. The minimum atomic E-state index is -1.16. The molecule has 4 aliphatic heterocycles. The molecule has 14 heteroatoms. The van der Waals surface area contributed by atoms with Crippen LogP contribution in [-0.2, 0) is 51.0 Å². The van der Waals surface area contributed by atoms with Gasteiger partial charge in [0.25, 0.3) is 0 Å². The number of rotatable bonds is 8. The van der Waals surface area contributed by atoms with Gasteiger partial charge < -0.3 is 48.1 Å². The number of methoxy groups -OCH3 is 2. The van der Waals surface area contributed by atoms with Crippen molar-refractivity contribution >= 4 is 22.6 Å². The smallest absolute Gasteiger partial charge is 0.329 e. The fourth-order valence-corrected chi connectivity index (χ4v) is 6.56. The third-order valence-corrected chi connectivity index (χ3v) is 8.31. The van der Waals surface area contributed by atoms with E-state index in [0.717, 1.165) is 0 Å². The van der Waals surface area contributed by atoms with E-state index >= 15 is 0 Å². The van der Waals surface area contributed by atoms with Crippen LogP contribution in [0.1, 0.15) is 27.7 Å². The van der Waals surface area contributed by atoms with Crippen LogP contribution < -0.4 is 5.69 Å². The van der Waals surface area contributed by atoms with E-state index in [1.807, 2.05) is 0 Å². The third kappa shape index (κ3) is 5.14. The van der Waals surface area contributed by atoms with Gasteiger partial charge >= 0.3 is 5.69 Å². The predicted octanol–water partition coefficient (Wildman–Crippen LogP) is 0.961. The van der Waals surface area contributed by atoms with Crippen LogP contribution in [0.3, 0.4) is 0 Å². The molecule has 0 radical (unpaired) electrons. The Morgan fingerprint density at radius 2 is 1.29 bits per heavy atom. The lowest BCUT2D eigenvalue weighted by molar-refractivity contribution is -0.228. The predicted molar refractivity (Wildman–Crippen MR) is 142 cm³/mol. The quantitative estimate of drug-likeness (QED) is 0.447. The second-order valence-electron chi connectivity index (χ2n) is 11.8. The van der Waals surface area contributed by atoms with E-state index in [1.54, 1.807) is 45.9 Å². The maximum Gasteiger partial charge on any atom is 0.329 e. The van der Waals surface area contributed by atoms with Gasteiger partial charge in [0.2, 0.25) is 0 Å². The van der Waals surface area contributed by atoms with E-state index in [-0.39, 0.29) is 13.1 Å². The Morgan fingerprint density at radius 1 is 0.829 bits per heavy atom. The topological polar surface area (TPSA) is 141 Å². The van der Waals surface area contributed by atoms with Crippen molar-refractivity contribution in [1.29, 1.82) is 0 Å². The van der Waals surface area contributed by atoms with E-state index in [1.165, 1.54) is 23.4 Å². The first-order valence-electron chi connectivity index (χ1n) is 13.6. The first kappa shape index (κ1) is 29.5. The SMILES string of the molecule is CO[C@@H]1[C@H]([C@H](O)Cn2c(=O)n(C[C@H](O)[C@@H]3O[C@@H]4OC(C)(C)O[C@@H]4[C@@H]3OC)c3cc(Cl)ccc32)O[C@H]2OC(C)(C)O[C@@H]21. The molecule has 1 aromatic carbocycles. The van der Waals surface area contributed by atoms with Crippen LogP contribution in [0, 0.1) is 0 Å². The van der Waals surface area contributed by atoms with Gasteiger partial charge in [0, 0.05) is 19.2 Å². The maximum atomic E-state index is 13.8. The third-order valence-electron chi connectivity index (χ3n) is 8.08. The van der Waals surface area contributed by atoms with Gasteiger partial charge in [-0.15, -0.1) is 0 Å². The number of aliphatic hydroxyl groups excluding tert-OH is 2. The van der Waals surface area contributed by atoms with Crippen molar-refractivity contribution < 1.29 is 48.1 Å². The molecule has 10 atom stereocenters. The number of hydrogen-bond donors (Lipinski definition) is 2. The molecule has 0 aliphatic carbocycles. The average Bonchev–Trinajstić information content (AvgIpc) is 3.63. The normalized spacial score (nSPS) is 37.0. The molecule has 4 saturated heterocycles.